The molecule has 80 valence electrons. The predicted octanol–water partition coefficient (Wildman–Crippen LogP) is 3.16. The van der Waals surface area contributed by atoms with Crippen LogP contribution in [0, 0.1) is 0 Å². The minimum atomic E-state index is 0.741. The molecule has 2 aromatic rings. The SMILES string of the molecule is c1ccc(-c2cccc3c2NCCO3)cc1. The van der Waals surface area contributed by atoms with Crippen LogP contribution in [0.5, 0.6) is 5.75 Å². The van der Waals surface area contributed by atoms with Crippen LogP contribution >= 0.6 is 0 Å². The van der Waals surface area contributed by atoms with E-state index in [2.05, 4.69) is 35.6 Å². The molecule has 0 amide bonds. The molecule has 0 saturated carbocycles. The van der Waals surface area contributed by atoms with E-state index in [1.165, 1.54) is 11.1 Å². The molecule has 0 spiro atoms. The third-order valence-corrected chi connectivity index (χ3v) is 2.77. The highest BCUT2D eigenvalue weighted by Crippen LogP contribution is 2.36. The lowest BCUT2D eigenvalue weighted by molar-refractivity contribution is 0.323. The second-order valence-corrected chi connectivity index (χ2v) is 3.82. The van der Waals surface area contributed by atoms with Gasteiger partial charge in [-0.2, -0.15) is 0 Å². The average Bonchev–Trinajstić information content (AvgIpc) is 2.39. The molecule has 1 heterocycles. The van der Waals surface area contributed by atoms with Crippen LogP contribution in [0.15, 0.2) is 48.5 Å². The summed E-state index contributed by atoms with van der Waals surface area (Å²) in [4.78, 5) is 0. The second kappa shape index (κ2) is 3.89. The van der Waals surface area contributed by atoms with Gasteiger partial charge in [0.1, 0.15) is 12.4 Å². The Hall–Kier alpha value is -1.96. The van der Waals surface area contributed by atoms with Crippen LogP contribution in [0.3, 0.4) is 0 Å². The number of hydrogen-bond acceptors (Lipinski definition) is 2. The molecule has 2 aromatic carbocycles. The smallest absolute Gasteiger partial charge is 0.143 e. The van der Waals surface area contributed by atoms with Crippen molar-refractivity contribution >= 4 is 5.69 Å². The Kier molecular flexibility index (Phi) is 2.26. The van der Waals surface area contributed by atoms with Crippen LogP contribution in [-0.4, -0.2) is 13.2 Å². The first-order chi connectivity index (χ1) is 7.95. The van der Waals surface area contributed by atoms with E-state index in [-0.39, 0.29) is 0 Å². The maximum atomic E-state index is 5.62. The lowest BCUT2D eigenvalue weighted by Crippen LogP contribution is -2.18. The van der Waals surface area contributed by atoms with Crippen molar-refractivity contribution in [2.75, 3.05) is 18.5 Å². The van der Waals surface area contributed by atoms with Gasteiger partial charge in [-0.25, -0.2) is 0 Å². The Morgan fingerprint density at radius 3 is 2.69 bits per heavy atom. The fourth-order valence-electron chi connectivity index (χ4n) is 2.03. The molecule has 2 nitrogen and oxygen atoms in total. The summed E-state index contributed by atoms with van der Waals surface area (Å²) < 4.78 is 5.62. The fourth-order valence-corrected chi connectivity index (χ4v) is 2.03. The lowest BCUT2D eigenvalue weighted by atomic mass is 10.0. The molecule has 1 aliphatic rings. The quantitative estimate of drug-likeness (QED) is 0.782. The van der Waals surface area contributed by atoms with Gasteiger partial charge >= 0.3 is 0 Å². The summed E-state index contributed by atoms with van der Waals surface area (Å²) in [6, 6.07) is 16.5. The molecular formula is C14H13NO. The van der Waals surface area contributed by atoms with E-state index in [9.17, 15) is 0 Å². The number of nitrogens with one attached hydrogen (secondary N) is 1. The van der Waals surface area contributed by atoms with E-state index in [4.69, 9.17) is 4.74 Å². The summed E-state index contributed by atoms with van der Waals surface area (Å²) in [6.45, 7) is 1.61. The van der Waals surface area contributed by atoms with Gasteiger partial charge in [-0.05, 0) is 11.6 Å². The van der Waals surface area contributed by atoms with Gasteiger partial charge in [-0.3, -0.25) is 0 Å². The van der Waals surface area contributed by atoms with Gasteiger partial charge in [0.2, 0.25) is 0 Å². The standard InChI is InChI=1S/C14H13NO/c1-2-5-11(6-3-1)12-7-4-8-13-14(12)15-9-10-16-13/h1-8,15H,9-10H2. The van der Waals surface area contributed by atoms with Crippen molar-refractivity contribution in [1.29, 1.82) is 0 Å². The zero-order valence-electron chi connectivity index (χ0n) is 8.94. The predicted molar refractivity (Wildman–Crippen MR) is 65.9 cm³/mol. The van der Waals surface area contributed by atoms with E-state index in [0.29, 0.717) is 0 Å². The Morgan fingerprint density at radius 1 is 0.938 bits per heavy atom. The number of rotatable bonds is 1. The fraction of sp³-hybridized carbons (Fsp3) is 0.143. The van der Waals surface area contributed by atoms with Gasteiger partial charge in [0.15, 0.2) is 0 Å². The lowest BCUT2D eigenvalue weighted by Gasteiger charge is -2.21. The summed E-state index contributed by atoms with van der Waals surface area (Å²) in [7, 11) is 0. The highest BCUT2D eigenvalue weighted by molar-refractivity contribution is 5.82. The van der Waals surface area contributed by atoms with Crippen molar-refractivity contribution in [3.05, 3.63) is 48.5 Å². The van der Waals surface area contributed by atoms with Crippen molar-refractivity contribution in [2.24, 2.45) is 0 Å². The molecular weight excluding hydrogens is 198 g/mol. The minimum absolute atomic E-state index is 0.741. The molecule has 0 bridgehead atoms. The normalized spacial score (nSPS) is 13.5. The molecule has 0 fully saturated rings. The Labute approximate surface area is 94.9 Å². The molecule has 2 heteroatoms. The number of anilines is 1. The van der Waals surface area contributed by atoms with E-state index in [1.807, 2.05) is 18.2 Å². The van der Waals surface area contributed by atoms with E-state index in [1.54, 1.807) is 0 Å². The first kappa shape index (κ1) is 9.28. The van der Waals surface area contributed by atoms with Gasteiger partial charge in [0.05, 0.1) is 5.69 Å². The monoisotopic (exact) mass is 211 g/mol. The van der Waals surface area contributed by atoms with Gasteiger partial charge in [0, 0.05) is 12.1 Å². The molecule has 0 unspecified atom stereocenters. The number of ether oxygens (including phenoxy) is 1. The largest absolute Gasteiger partial charge is 0.490 e. The van der Waals surface area contributed by atoms with Gasteiger partial charge in [0.25, 0.3) is 0 Å². The Balaban J connectivity index is 2.14. The molecule has 16 heavy (non-hydrogen) atoms. The van der Waals surface area contributed by atoms with Crippen LogP contribution in [-0.2, 0) is 0 Å². The topological polar surface area (TPSA) is 21.3 Å². The molecule has 1 aliphatic heterocycles. The third-order valence-electron chi connectivity index (χ3n) is 2.77. The third kappa shape index (κ3) is 1.52. The van der Waals surface area contributed by atoms with E-state index >= 15 is 0 Å². The first-order valence-electron chi connectivity index (χ1n) is 5.50. The van der Waals surface area contributed by atoms with Gasteiger partial charge < -0.3 is 10.1 Å². The molecule has 0 saturated heterocycles. The van der Waals surface area contributed by atoms with E-state index < -0.39 is 0 Å². The van der Waals surface area contributed by atoms with Gasteiger partial charge in [-0.1, -0.05) is 42.5 Å². The van der Waals surface area contributed by atoms with Crippen molar-refractivity contribution in [3.8, 4) is 16.9 Å². The number of para-hydroxylation sites is 1. The second-order valence-electron chi connectivity index (χ2n) is 3.82. The van der Waals surface area contributed by atoms with Gasteiger partial charge in [-0.15, -0.1) is 0 Å². The van der Waals surface area contributed by atoms with E-state index in [0.717, 1.165) is 24.6 Å². The van der Waals surface area contributed by atoms with Crippen molar-refractivity contribution < 1.29 is 4.74 Å². The maximum Gasteiger partial charge on any atom is 0.143 e. The number of benzene rings is 2. The average molecular weight is 211 g/mol. The summed E-state index contributed by atoms with van der Waals surface area (Å²) in [6.07, 6.45) is 0. The molecule has 1 N–H and O–H groups in total. The van der Waals surface area contributed by atoms with Crippen LogP contribution in [0.4, 0.5) is 5.69 Å². The molecule has 3 rings (SSSR count). The highest BCUT2D eigenvalue weighted by atomic mass is 16.5. The Morgan fingerprint density at radius 2 is 1.81 bits per heavy atom. The summed E-state index contributed by atoms with van der Waals surface area (Å²) >= 11 is 0. The summed E-state index contributed by atoms with van der Waals surface area (Å²) in [5.41, 5.74) is 3.54. The minimum Gasteiger partial charge on any atom is -0.490 e. The summed E-state index contributed by atoms with van der Waals surface area (Å²) in [5, 5.41) is 3.40. The van der Waals surface area contributed by atoms with Crippen LogP contribution in [0.1, 0.15) is 0 Å². The van der Waals surface area contributed by atoms with Crippen molar-refractivity contribution in [1.82, 2.24) is 0 Å². The van der Waals surface area contributed by atoms with Crippen LogP contribution in [0.25, 0.3) is 11.1 Å². The molecule has 0 aromatic heterocycles. The molecule has 0 atom stereocenters. The first-order valence-corrected chi connectivity index (χ1v) is 5.50. The maximum absolute atomic E-state index is 5.62. The van der Waals surface area contributed by atoms with Crippen LogP contribution < -0.4 is 10.1 Å². The molecule has 0 radical (unpaired) electrons. The zero-order chi connectivity index (χ0) is 10.8. The number of hydrogen-bond donors (Lipinski definition) is 1. The highest BCUT2D eigenvalue weighted by Gasteiger charge is 2.13. The molecule has 0 aliphatic carbocycles. The zero-order valence-corrected chi connectivity index (χ0v) is 8.94. The van der Waals surface area contributed by atoms with Crippen LogP contribution in [0.2, 0.25) is 0 Å². The Bertz CT molecular complexity index is 493. The number of fused-ring (bicyclic) bond motifs is 1. The summed E-state index contributed by atoms with van der Waals surface area (Å²) in [5.74, 6) is 0.951. The van der Waals surface area contributed by atoms with Crippen molar-refractivity contribution in [2.45, 2.75) is 0 Å². The van der Waals surface area contributed by atoms with Crippen molar-refractivity contribution in [3.63, 3.8) is 0 Å².